The van der Waals surface area contributed by atoms with E-state index in [0.29, 0.717) is 0 Å². The van der Waals surface area contributed by atoms with E-state index in [0.717, 1.165) is 48.8 Å². The Morgan fingerprint density at radius 1 is 1.07 bits per heavy atom. The summed E-state index contributed by atoms with van der Waals surface area (Å²) in [6.07, 6.45) is 2.25. The Kier molecular flexibility index (Phi) is 7.10. The number of hydrogen-bond donors (Lipinski definition) is 0. The van der Waals surface area contributed by atoms with Gasteiger partial charge in [-0.3, -0.25) is 4.99 Å². The van der Waals surface area contributed by atoms with Crippen molar-refractivity contribution in [1.82, 2.24) is 4.57 Å². The Morgan fingerprint density at radius 2 is 1.80 bits per heavy atom. The van der Waals surface area contributed by atoms with Crippen LogP contribution in [0.2, 0.25) is 5.02 Å². The van der Waals surface area contributed by atoms with Crippen LogP contribution in [-0.4, -0.2) is 48.9 Å². The van der Waals surface area contributed by atoms with Gasteiger partial charge in [-0.15, -0.1) is 0 Å². The standard InChI is InChI=1S/C25H35ClN3O/c1-7-29(5,8-2)15-9-10-18(3)27-25-21-13-11-19(26)16-24(21)28(4)23-14-12-20(30-6)17-22(23)25/h11-14,16-18H,7-10,15H2,1-6H3/q+1. The van der Waals surface area contributed by atoms with E-state index in [4.69, 9.17) is 21.3 Å². The summed E-state index contributed by atoms with van der Waals surface area (Å²) in [4.78, 5) is 5.21. The van der Waals surface area contributed by atoms with Crippen LogP contribution >= 0.6 is 11.6 Å². The van der Waals surface area contributed by atoms with Gasteiger partial charge in [0, 0.05) is 28.9 Å². The molecule has 2 aromatic carbocycles. The van der Waals surface area contributed by atoms with Gasteiger partial charge in [-0.1, -0.05) is 11.6 Å². The summed E-state index contributed by atoms with van der Waals surface area (Å²) in [5.74, 6) is 0.846. The minimum Gasteiger partial charge on any atom is -0.497 e. The van der Waals surface area contributed by atoms with Gasteiger partial charge in [-0.2, -0.15) is 0 Å². The predicted molar refractivity (Wildman–Crippen MR) is 128 cm³/mol. The first-order chi connectivity index (χ1) is 14.3. The summed E-state index contributed by atoms with van der Waals surface area (Å²) in [6.45, 7) is 10.3. The first-order valence-corrected chi connectivity index (χ1v) is 11.3. The lowest BCUT2D eigenvalue weighted by atomic mass is 10.1. The first-order valence-electron chi connectivity index (χ1n) is 10.9. The highest BCUT2D eigenvalue weighted by atomic mass is 35.5. The molecule has 1 atom stereocenters. The fourth-order valence-electron chi connectivity index (χ4n) is 4.11. The number of pyridine rings is 1. The number of ether oxygens (including phenoxy) is 1. The van der Waals surface area contributed by atoms with Crippen LogP contribution in [0.5, 0.6) is 5.75 Å². The van der Waals surface area contributed by atoms with Crippen molar-refractivity contribution in [3.05, 3.63) is 46.8 Å². The van der Waals surface area contributed by atoms with E-state index < -0.39 is 0 Å². The first kappa shape index (κ1) is 22.6. The lowest BCUT2D eigenvalue weighted by Crippen LogP contribution is -2.44. The van der Waals surface area contributed by atoms with Crippen LogP contribution < -0.4 is 10.1 Å². The molecule has 4 nitrogen and oxygen atoms in total. The molecule has 162 valence electrons. The van der Waals surface area contributed by atoms with Crippen molar-refractivity contribution in [2.45, 2.75) is 39.7 Å². The predicted octanol–water partition coefficient (Wildman–Crippen LogP) is 5.55. The average Bonchev–Trinajstić information content (AvgIpc) is 2.76. The molecule has 0 aliphatic carbocycles. The van der Waals surface area contributed by atoms with E-state index in [1.54, 1.807) is 7.11 Å². The van der Waals surface area contributed by atoms with Gasteiger partial charge in [0.25, 0.3) is 0 Å². The number of fused-ring (bicyclic) bond motifs is 2. The number of rotatable bonds is 8. The summed E-state index contributed by atoms with van der Waals surface area (Å²) in [6, 6.07) is 12.5. The fourth-order valence-corrected chi connectivity index (χ4v) is 4.28. The van der Waals surface area contributed by atoms with Gasteiger partial charge in [0.05, 0.1) is 50.2 Å². The molecule has 1 aromatic heterocycles. The smallest absolute Gasteiger partial charge is 0.119 e. The molecular weight excluding hydrogens is 394 g/mol. The summed E-state index contributed by atoms with van der Waals surface area (Å²) >= 11 is 6.32. The van der Waals surface area contributed by atoms with Gasteiger partial charge in [0.15, 0.2) is 0 Å². The minimum atomic E-state index is 0.244. The molecule has 0 radical (unpaired) electrons. The zero-order chi connectivity index (χ0) is 21.9. The molecule has 3 aromatic rings. The van der Waals surface area contributed by atoms with Crippen molar-refractivity contribution in [2.24, 2.45) is 12.0 Å². The molecule has 0 saturated heterocycles. The molecule has 0 aliphatic rings. The number of halogens is 1. The zero-order valence-electron chi connectivity index (χ0n) is 19.2. The van der Waals surface area contributed by atoms with Crippen LogP contribution in [0.4, 0.5) is 0 Å². The van der Waals surface area contributed by atoms with Crippen molar-refractivity contribution < 1.29 is 9.22 Å². The van der Waals surface area contributed by atoms with Gasteiger partial charge in [0.2, 0.25) is 0 Å². The number of aromatic nitrogens is 1. The Labute approximate surface area is 185 Å². The number of nitrogens with zero attached hydrogens (tertiary/aromatic N) is 3. The number of hydrogen-bond acceptors (Lipinski definition) is 2. The second-order valence-electron chi connectivity index (χ2n) is 8.55. The van der Waals surface area contributed by atoms with Crippen molar-refractivity contribution in [3.63, 3.8) is 0 Å². The third-order valence-electron chi connectivity index (χ3n) is 6.59. The molecule has 0 amide bonds. The SMILES string of the molecule is CC[N+](C)(CC)CCCC(C)N=c1c2cc(OC)ccc2n(C)c2cc(Cl)ccc12. The summed E-state index contributed by atoms with van der Waals surface area (Å²) in [7, 11) is 6.13. The van der Waals surface area contributed by atoms with Crippen molar-refractivity contribution in [2.75, 3.05) is 33.8 Å². The molecule has 1 heterocycles. The lowest BCUT2D eigenvalue weighted by Gasteiger charge is -2.32. The minimum absolute atomic E-state index is 0.244. The normalized spacial score (nSPS) is 13.9. The molecule has 1 unspecified atom stereocenters. The molecule has 0 aliphatic heterocycles. The summed E-state index contributed by atoms with van der Waals surface area (Å²) in [5.41, 5.74) is 2.21. The topological polar surface area (TPSA) is 26.5 Å². The Bertz CT molecular complexity index is 1100. The Morgan fingerprint density at radius 3 is 2.47 bits per heavy atom. The number of methoxy groups -OCH3 is 1. The monoisotopic (exact) mass is 428 g/mol. The Hall–Kier alpha value is -2.04. The third-order valence-corrected chi connectivity index (χ3v) is 6.83. The molecule has 0 saturated carbocycles. The average molecular weight is 429 g/mol. The van der Waals surface area contributed by atoms with E-state index in [1.807, 2.05) is 18.2 Å². The second kappa shape index (κ2) is 9.40. The van der Waals surface area contributed by atoms with Gasteiger partial charge >= 0.3 is 0 Å². The van der Waals surface area contributed by atoms with Crippen LogP contribution in [0.3, 0.4) is 0 Å². The van der Waals surface area contributed by atoms with Gasteiger partial charge < -0.3 is 13.8 Å². The largest absolute Gasteiger partial charge is 0.497 e. The maximum Gasteiger partial charge on any atom is 0.119 e. The fraction of sp³-hybridized carbons (Fsp3) is 0.480. The number of benzene rings is 2. The molecule has 5 heteroatoms. The highest BCUT2D eigenvalue weighted by molar-refractivity contribution is 6.31. The summed E-state index contributed by atoms with van der Waals surface area (Å²) in [5, 5.41) is 4.00. The van der Waals surface area contributed by atoms with E-state index in [9.17, 15) is 0 Å². The number of quaternary nitrogens is 1. The molecule has 0 bridgehead atoms. The van der Waals surface area contributed by atoms with Crippen molar-refractivity contribution in [1.29, 1.82) is 0 Å². The molecule has 0 N–H and O–H groups in total. The molecule has 30 heavy (non-hydrogen) atoms. The molecule has 0 fully saturated rings. The van der Waals surface area contributed by atoms with Crippen LogP contribution in [0.1, 0.15) is 33.6 Å². The zero-order valence-corrected chi connectivity index (χ0v) is 20.0. The molecular formula is C25H35ClN3O+. The van der Waals surface area contributed by atoms with E-state index in [1.165, 1.54) is 26.1 Å². The van der Waals surface area contributed by atoms with Crippen LogP contribution in [-0.2, 0) is 7.05 Å². The quantitative estimate of drug-likeness (QED) is 0.341. The van der Waals surface area contributed by atoms with Crippen LogP contribution in [0.15, 0.2) is 41.4 Å². The Balaban J connectivity index is 2.08. The van der Waals surface area contributed by atoms with Crippen molar-refractivity contribution in [3.8, 4) is 5.75 Å². The van der Waals surface area contributed by atoms with Gasteiger partial charge in [-0.25, -0.2) is 0 Å². The maximum absolute atomic E-state index is 6.32. The summed E-state index contributed by atoms with van der Waals surface area (Å²) < 4.78 is 8.81. The lowest BCUT2D eigenvalue weighted by molar-refractivity contribution is -0.906. The highest BCUT2D eigenvalue weighted by Crippen LogP contribution is 2.24. The second-order valence-corrected chi connectivity index (χ2v) is 8.98. The van der Waals surface area contributed by atoms with Crippen molar-refractivity contribution >= 4 is 33.4 Å². The van der Waals surface area contributed by atoms with Gasteiger partial charge in [-0.05, 0) is 70.0 Å². The van der Waals surface area contributed by atoms with Gasteiger partial charge in [0.1, 0.15) is 5.75 Å². The third kappa shape index (κ3) is 4.65. The van der Waals surface area contributed by atoms with E-state index in [2.05, 4.69) is 57.6 Å². The molecule has 0 spiro atoms. The van der Waals surface area contributed by atoms with Crippen LogP contribution in [0.25, 0.3) is 21.8 Å². The highest BCUT2D eigenvalue weighted by Gasteiger charge is 2.16. The van der Waals surface area contributed by atoms with E-state index >= 15 is 0 Å². The van der Waals surface area contributed by atoms with E-state index in [-0.39, 0.29) is 6.04 Å². The van der Waals surface area contributed by atoms with Crippen LogP contribution in [0, 0.1) is 0 Å². The number of aryl methyl sites for hydroxylation is 1. The molecule has 3 rings (SSSR count). The maximum atomic E-state index is 6.32.